The first kappa shape index (κ1) is 13.3. The number of aryl methyl sites for hydroxylation is 1. The zero-order chi connectivity index (χ0) is 13.8. The minimum atomic E-state index is 0.599. The standard InChI is InChI=1S/C15H15N3S/c1-11-6-15(19-9-11)12-4-5-14(13(7-12)8-16)17-10-18(2)3/h4-7,9-10H,1-3H3/b17-10-. The van der Waals surface area contributed by atoms with Crippen LogP contribution in [0.3, 0.4) is 0 Å². The lowest BCUT2D eigenvalue weighted by atomic mass is 10.1. The normalized spacial score (nSPS) is 10.6. The highest BCUT2D eigenvalue weighted by molar-refractivity contribution is 7.13. The molecule has 0 aliphatic carbocycles. The number of aliphatic imine (C=N–C) groups is 1. The van der Waals surface area contributed by atoms with Gasteiger partial charge in [-0.2, -0.15) is 5.26 Å². The highest BCUT2D eigenvalue weighted by atomic mass is 32.1. The Morgan fingerprint density at radius 3 is 2.68 bits per heavy atom. The van der Waals surface area contributed by atoms with E-state index >= 15 is 0 Å². The van der Waals surface area contributed by atoms with E-state index in [2.05, 4.69) is 29.4 Å². The summed E-state index contributed by atoms with van der Waals surface area (Å²) in [7, 11) is 3.80. The third-order valence-corrected chi connectivity index (χ3v) is 3.66. The van der Waals surface area contributed by atoms with Gasteiger partial charge in [0.05, 0.1) is 17.6 Å². The van der Waals surface area contributed by atoms with Gasteiger partial charge in [0.15, 0.2) is 0 Å². The summed E-state index contributed by atoms with van der Waals surface area (Å²) < 4.78 is 0. The quantitative estimate of drug-likeness (QED) is 0.627. The molecule has 0 saturated carbocycles. The highest BCUT2D eigenvalue weighted by Crippen LogP contribution is 2.30. The molecular formula is C15H15N3S. The molecule has 0 atom stereocenters. The van der Waals surface area contributed by atoms with Gasteiger partial charge in [0, 0.05) is 19.0 Å². The van der Waals surface area contributed by atoms with Crippen LogP contribution in [0.1, 0.15) is 11.1 Å². The molecule has 0 unspecified atom stereocenters. The molecule has 0 fully saturated rings. The summed E-state index contributed by atoms with van der Waals surface area (Å²) in [6.45, 7) is 2.07. The molecule has 0 amide bonds. The predicted molar refractivity (Wildman–Crippen MR) is 81.0 cm³/mol. The number of hydrogen-bond acceptors (Lipinski definition) is 3. The van der Waals surface area contributed by atoms with Crippen molar-refractivity contribution in [2.45, 2.75) is 6.92 Å². The Kier molecular flexibility index (Phi) is 3.98. The minimum Gasteiger partial charge on any atom is -0.369 e. The molecule has 0 spiro atoms. The highest BCUT2D eigenvalue weighted by Gasteiger charge is 2.05. The summed E-state index contributed by atoms with van der Waals surface area (Å²) in [6.07, 6.45) is 1.70. The van der Waals surface area contributed by atoms with Crippen molar-refractivity contribution in [2.24, 2.45) is 4.99 Å². The number of hydrogen-bond donors (Lipinski definition) is 0. The lowest BCUT2D eigenvalue weighted by Crippen LogP contribution is -2.07. The van der Waals surface area contributed by atoms with Crippen LogP contribution in [0.4, 0.5) is 5.69 Å². The summed E-state index contributed by atoms with van der Waals surface area (Å²) in [6, 6.07) is 10.1. The van der Waals surface area contributed by atoms with Gasteiger partial charge in [-0.05, 0) is 41.6 Å². The van der Waals surface area contributed by atoms with Crippen LogP contribution in [0.5, 0.6) is 0 Å². The second-order valence-corrected chi connectivity index (χ2v) is 5.45. The van der Waals surface area contributed by atoms with E-state index in [1.165, 1.54) is 10.4 Å². The number of rotatable bonds is 3. The van der Waals surface area contributed by atoms with Crippen LogP contribution >= 0.6 is 11.3 Å². The van der Waals surface area contributed by atoms with Gasteiger partial charge in [0.25, 0.3) is 0 Å². The maximum Gasteiger partial charge on any atom is 0.101 e. The summed E-state index contributed by atoms with van der Waals surface area (Å²) in [5.74, 6) is 0. The molecule has 1 heterocycles. The van der Waals surface area contributed by atoms with Gasteiger partial charge in [-0.1, -0.05) is 6.07 Å². The van der Waals surface area contributed by atoms with E-state index in [9.17, 15) is 5.26 Å². The van der Waals surface area contributed by atoms with E-state index < -0.39 is 0 Å². The third kappa shape index (κ3) is 3.21. The predicted octanol–water partition coefficient (Wildman–Crippen LogP) is 3.82. The fourth-order valence-electron chi connectivity index (χ4n) is 1.65. The molecule has 3 nitrogen and oxygen atoms in total. The molecule has 0 aliphatic heterocycles. The number of benzene rings is 1. The lowest BCUT2D eigenvalue weighted by Gasteiger charge is -2.04. The molecular weight excluding hydrogens is 254 g/mol. The molecule has 1 aromatic heterocycles. The molecule has 96 valence electrons. The van der Waals surface area contributed by atoms with Crippen LogP contribution in [-0.2, 0) is 0 Å². The average Bonchev–Trinajstić information content (AvgIpc) is 2.82. The molecule has 4 heteroatoms. The fourth-order valence-corrected chi connectivity index (χ4v) is 2.55. The van der Waals surface area contributed by atoms with Crippen LogP contribution < -0.4 is 0 Å². The van der Waals surface area contributed by atoms with E-state index in [1.807, 2.05) is 37.2 Å². The summed E-state index contributed by atoms with van der Waals surface area (Å²) >= 11 is 1.69. The van der Waals surface area contributed by atoms with E-state index in [4.69, 9.17) is 0 Å². The van der Waals surface area contributed by atoms with Crippen LogP contribution in [-0.4, -0.2) is 25.3 Å². The second-order valence-electron chi connectivity index (χ2n) is 4.54. The Hall–Kier alpha value is -2.12. The molecule has 0 N–H and O–H groups in total. The van der Waals surface area contributed by atoms with Crippen LogP contribution in [0.25, 0.3) is 10.4 Å². The zero-order valence-corrected chi connectivity index (χ0v) is 12.0. The van der Waals surface area contributed by atoms with Gasteiger partial charge in [0.2, 0.25) is 0 Å². The van der Waals surface area contributed by atoms with Crippen LogP contribution in [0.2, 0.25) is 0 Å². The van der Waals surface area contributed by atoms with Gasteiger partial charge in [-0.3, -0.25) is 0 Å². The van der Waals surface area contributed by atoms with E-state index in [0.717, 1.165) is 5.56 Å². The summed E-state index contributed by atoms with van der Waals surface area (Å²) in [5.41, 5.74) is 3.61. The Morgan fingerprint density at radius 2 is 2.11 bits per heavy atom. The molecule has 1 aromatic carbocycles. The number of thiophene rings is 1. The first-order valence-electron chi connectivity index (χ1n) is 5.90. The van der Waals surface area contributed by atoms with Crippen molar-refractivity contribution >= 4 is 23.4 Å². The van der Waals surface area contributed by atoms with Crippen molar-refractivity contribution in [1.29, 1.82) is 5.26 Å². The minimum absolute atomic E-state index is 0.599. The third-order valence-electron chi connectivity index (χ3n) is 2.56. The van der Waals surface area contributed by atoms with Crippen molar-refractivity contribution < 1.29 is 0 Å². The van der Waals surface area contributed by atoms with Gasteiger partial charge in [-0.15, -0.1) is 11.3 Å². The maximum atomic E-state index is 9.23. The monoisotopic (exact) mass is 269 g/mol. The van der Waals surface area contributed by atoms with Gasteiger partial charge in [0.1, 0.15) is 6.07 Å². The van der Waals surface area contributed by atoms with Gasteiger partial charge in [-0.25, -0.2) is 4.99 Å². The van der Waals surface area contributed by atoms with Gasteiger partial charge < -0.3 is 4.90 Å². The number of nitrogens with zero attached hydrogens (tertiary/aromatic N) is 3. The molecule has 0 saturated heterocycles. The second kappa shape index (κ2) is 5.68. The topological polar surface area (TPSA) is 39.4 Å². The molecule has 2 aromatic rings. The first-order chi connectivity index (χ1) is 9.10. The Morgan fingerprint density at radius 1 is 1.32 bits per heavy atom. The Bertz CT molecular complexity index is 648. The molecule has 19 heavy (non-hydrogen) atoms. The first-order valence-corrected chi connectivity index (χ1v) is 6.78. The molecule has 0 bridgehead atoms. The van der Waals surface area contributed by atoms with Crippen molar-refractivity contribution in [3.05, 3.63) is 40.8 Å². The lowest BCUT2D eigenvalue weighted by molar-refractivity contribution is 0.643. The molecule has 2 rings (SSSR count). The Balaban J connectivity index is 2.39. The van der Waals surface area contributed by atoms with Crippen LogP contribution in [0.15, 0.2) is 34.6 Å². The van der Waals surface area contributed by atoms with Crippen molar-refractivity contribution in [3.63, 3.8) is 0 Å². The van der Waals surface area contributed by atoms with Crippen molar-refractivity contribution in [2.75, 3.05) is 14.1 Å². The van der Waals surface area contributed by atoms with Gasteiger partial charge >= 0.3 is 0 Å². The van der Waals surface area contributed by atoms with E-state index in [0.29, 0.717) is 11.3 Å². The maximum absolute atomic E-state index is 9.23. The SMILES string of the molecule is Cc1csc(-c2ccc(/N=C\N(C)C)c(C#N)c2)c1. The molecule has 0 aliphatic rings. The largest absolute Gasteiger partial charge is 0.369 e. The zero-order valence-electron chi connectivity index (χ0n) is 11.2. The summed E-state index contributed by atoms with van der Waals surface area (Å²) in [5, 5.41) is 11.3. The van der Waals surface area contributed by atoms with Crippen molar-refractivity contribution in [3.8, 4) is 16.5 Å². The average molecular weight is 269 g/mol. The molecule has 0 radical (unpaired) electrons. The number of nitriles is 1. The summed E-state index contributed by atoms with van der Waals surface area (Å²) in [4.78, 5) is 7.32. The smallest absolute Gasteiger partial charge is 0.101 e. The van der Waals surface area contributed by atoms with Crippen molar-refractivity contribution in [1.82, 2.24) is 4.90 Å². The van der Waals surface area contributed by atoms with E-state index in [1.54, 1.807) is 17.7 Å². The fraction of sp³-hybridized carbons (Fsp3) is 0.200. The van der Waals surface area contributed by atoms with E-state index in [-0.39, 0.29) is 0 Å². The Labute approximate surface area is 117 Å². The van der Waals surface area contributed by atoms with Crippen LogP contribution in [0, 0.1) is 18.3 Å².